The molecular formula is C26H25N5O5. The number of anilines is 2. The van der Waals surface area contributed by atoms with Gasteiger partial charge in [-0.15, -0.1) is 0 Å². The molecule has 0 amide bonds. The molecule has 0 saturated heterocycles. The van der Waals surface area contributed by atoms with Crippen molar-refractivity contribution in [3.05, 3.63) is 105 Å². The summed E-state index contributed by atoms with van der Waals surface area (Å²) in [6, 6.07) is 20.1. The second-order valence-electron chi connectivity index (χ2n) is 8.35. The molecule has 0 aliphatic carbocycles. The number of aliphatic carboxylic acids is 1. The maximum absolute atomic E-state index is 13.3. The van der Waals surface area contributed by atoms with Crippen molar-refractivity contribution in [3.63, 3.8) is 0 Å². The summed E-state index contributed by atoms with van der Waals surface area (Å²) >= 11 is 0. The summed E-state index contributed by atoms with van der Waals surface area (Å²) in [6.07, 6.45) is 1.50. The lowest BCUT2D eigenvalue weighted by Crippen LogP contribution is -2.44. The highest BCUT2D eigenvalue weighted by molar-refractivity contribution is 5.69. The van der Waals surface area contributed by atoms with Crippen molar-refractivity contribution in [3.8, 4) is 11.6 Å². The predicted octanol–water partition coefficient (Wildman–Crippen LogP) is 3.41. The zero-order valence-electron chi connectivity index (χ0n) is 19.8. The number of para-hydroxylation sites is 1. The standard InChI is InChI=1S/C26H25N5O5/c1-17-8-10-19(11-9-17)16-30-24(29-25(34)31(26(30)35)15-18(2)23(32)33)28-20-12-13-22(27-14-20)36-21-6-4-3-5-7-21/h3-14,18H,15-16H2,1-2H3,(H,32,33)(H,28,29,34)/t18-/m0/s1. The Labute approximate surface area is 206 Å². The first-order valence-corrected chi connectivity index (χ1v) is 11.3. The molecule has 1 atom stereocenters. The largest absolute Gasteiger partial charge is 0.481 e. The Morgan fingerprint density at radius 1 is 1.03 bits per heavy atom. The summed E-state index contributed by atoms with van der Waals surface area (Å²) in [5.41, 5.74) is 0.854. The minimum atomic E-state index is -1.11. The number of benzene rings is 2. The van der Waals surface area contributed by atoms with Gasteiger partial charge in [-0.3, -0.25) is 9.36 Å². The minimum Gasteiger partial charge on any atom is -0.481 e. The highest BCUT2D eigenvalue weighted by atomic mass is 16.5. The number of carbonyl (C=O) groups is 1. The minimum absolute atomic E-state index is 0.0170. The zero-order chi connectivity index (χ0) is 25.7. The number of nitrogens with zero attached hydrogens (tertiary/aromatic N) is 4. The van der Waals surface area contributed by atoms with Crippen molar-refractivity contribution < 1.29 is 14.6 Å². The molecule has 0 spiro atoms. The SMILES string of the molecule is Cc1ccc(Cn2c(Nc3ccc(Oc4ccccc4)nc3)nc(=O)n(C[C@H](C)C(=O)O)c2=O)cc1. The molecule has 0 radical (unpaired) electrons. The average Bonchev–Trinajstić information content (AvgIpc) is 2.87. The molecule has 0 aliphatic rings. The van der Waals surface area contributed by atoms with E-state index < -0.39 is 23.3 Å². The fourth-order valence-corrected chi connectivity index (χ4v) is 3.40. The average molecular weight is 488 g/mol. The van der Waals surface area contributed by atoms with Crippen LogP contribution in [0.5, 0.6) is 11.6 Å². The summed E-state index contributed by atoms with van der Waals surface area (Å²) < 4.78 is 7.84. The highest BCUT2D eigenvalue weighted by Gasteiger charge is 2.19. The van der Waals surface area contributed by atoms with Gasteiger partial charge in [0.2, 0.25) is 11.8 Å². The number of carboxylic acid groups (broad SMARTS) is 1. The van der Waals surface area contributed by atoms with Crippen LogP contribution in [0.1, 0.15) is 18.1 Å². The van der Waals surface area contributed by atoms with E-state index in [1.807, 2.05) is 61.5 Å². The smallest absolute Gasteiger partial charge is 0.354 e. The van der Waals surface area contributed by atoms with Crippen LogP contribution in [0.3, 0.4) is 0 Å². The van der Waals surface area contributed by atoms with E-state index in [1.54, 1.807) is 12.1 Å². The van der Waals surface area contributed by atoms with Crippen LogP contribution in [0.4, 0.5) is 11.6 Å². The molecule has 2 aromatic heterocycles. The summed E-state index contributed by atoms with van der Waals surface area (Å²) in [7, 11) is 0. The summed E-state index contributed by atoms with van der Waals surface area (Å²) in [5, 5.41) is 12.2. The van der Waals surface area contributed by atoms with Crippen molar-refractivity contribution in [2.24, 2.45) is 5.92 Å². The van der Waals surface area contributed by atoms with E-state index in [2.05, 4.69) is 15.3 Å². The molecular weight excluding hydrogens is 462 g/mol. The number of hydrogen-bond donors (Lipinski definition) is 2. The van der Waals surface area contributed by atoms with Gasteiger partial charge in [0.25, 0.3) is 0 Å². The molecule has 4 aromatic rings. The highest BCUT2D eigenvalue weighted by Crippen LogP contribution is 2.21. The first-order valence-electron chi connectivity index (χ1n) is 11.3. The molecule has 2 N–H and O–H groups in total. The molecule has 36 heavy (non-hydrogen) atoms. The van der Waals surface area contributed by atoms with Crippen LogP contribution in [-0.2, 0) is 17.9 Å². The molecule has 0 fully saturated rings. The van der Waals surface area contributed by atoms with E-state index in [9.17, 15) is 19.5 Å². The number of carboxylic acids is 1. The topological polar surface area (TPSA) is 128 Å². The molecule has 2 heterocycles. The van der Waals surface area contributed by atoms with Crippen LogP contribution in [-0.4, -0.2) is 30.2 Å². The van der Waals surface area contributed by atoms with E-state index >= 15 is 0 Å². The Kier molecular flexibility index (Phi) is 7.24. The van der Waals surface area contributed by atoms with Crippen molar-refractivity contribution >= 4 is 17.6 Å². The normalized spacial score (nSPS) is 11.6. The van der Waals surface area contributed by atoms with Gasteiger partial charge in [0.1, 0.15) is 5.75 Å². The third-order valence-electron chi connectivity index (χ3n) is 5.45. The van der Waals surface area contributed by atoms with Gasteiger partial charge in [0.05, 0.1) is 24.3 Å². The van der Waals surface area contributed by atoms with Crippen LogP contribution in [0.2, 0.25) is 0 Å². The van der Waals surface area contributed by atoms with Crippen LogP contribution in [0.15, 0.2) is 82.5 Å². The van der Waals surface area contributed by atoms with Gasteiger partial charge in [0.15, 0.2) is 0 Å². The van der Waals surface area contributed by atoms with Gasteiger partial charge in [-0.2, -0.15) is 4.98 Å². The molecule has 0 unspecified atom stereocenters. The van der Waals surface area contributed by atoms with E-state index in [4.69, 9.17) is 4.74 Å². The van der Waals surface area contributed by atoms with Gasteiger partial charge < -0.3 is 15.2 Å². The number of aryl methyl sites for hydroxylation is 1. The van der Waals surface area contributed by atoms with Gasteiger partial charge in [-0.1, -0.05) is 55.0 Å². The fraction of sp³-hybridized carbons (Fsp3) is 0.192. The summed E-state index contributed by atoms with van der Waals surface area (Å²) in [5.74, 6) is -1.03. The number of aromatic nitrogens is 4. The van der Waals surface area contributed by atoms with Crippen LogP contribution in [0.25, 0.3) is 0 Å². The van der Waals surface area contributed by atoms with Crippen molar-refractivity contribution in [1.82, 2.24) is 19.1 Å². The first-order chi connectivity index (χ1) is 17.3. The Morgan fingerprint density at radius 3 is 2.39 bits per heavy atom. The number of pyridine rings is 1. The van der Waals surface area contributed by atoms with Crippen LogP contribution in [0, 0.1) is 12.8 Å². The van der Waals surface area contributed by atoms with Gasteiger partial charge in [0, 0.05) is 12.6 Å². The lowest BCUT2D eigenvalue weighted by molar-refractivity contribution is -0.141. The molecule has 2 aromatic carbocycles. The Morgan fingerprint density at radius 2 is 1.75 bits per heavy atom. The third-order valence-corrected chi connectivity index (χ3v) is 5.45. The molecule has 184 valence electrons. The molecule has 10 heteroatoms. The predicted molar refractivity (Wildman–Crippen MR) is 134 cm³/mol. The van der Waals surface area contributed by atoms with Gasteiger partial charge in [-0.25, -0.2) is 19.1 Å². The number of rotatable bonds is 9. The molecule has 0 saturated carbocycles. The fourth-order valence-electron chi connectivity index (χ4n) is 3.40. The maximum Gasteiger partial charge on any atom is 0.354 e. The molecule has 0 bridgehead atoms. The molecule has 0 aliphatic heterocycles. The first kappa shape index (κ1) is 24.4. The lowest BCUT2D eigenvalue weighted by Gasteiger charge is -2.16. The van der Waals surface area contributed by atoms with E-state index in [1.165, 1.54) is 17.7 Å². The second kappa shape index (κ2) is 10.7. The third kappa shape index (κ3) is 5.84. The zero-order valence-corrected chi connectivity index (χ0v) is 19.8. The van der Waals surface area contributed by atoms with Crippen molar-refractivity contribution in [2.45, 2.75) is 26.9 Å². The summed E-state index contributed by atoms with van der Waals surface area (Å²) in [4.78, 5) is 45.6. The molecule has 10 nitrogen and oxygen atoms in total. The quantitative estimate of drug-likeness (QED) is 0.368. The number of hydrogen-bond acceptors (Lipinski definition) is 7. The van der Waals surface area contributed by atoms with Crippen molar-refractivity contribution in [2.75, 3.05) is 5.32 Å². The van der Waals surface area contributed by atoms with Gasteiger partial charge >= 0.3 is 17.3 Å². The number of nitrogens with one attached hydrogen (secondary N) is 1. The monoisotopic (exact) mass is 487 g/mol. The Hall–Kier alpha value is -4.73. The van der Waals surface area contributed by atoms with Crippen molar-refractivity contribution in [1.29, 1.82) is 0 Å². The van der Waals surface area contributed by atoms with E-state index in [0.717, 1.165) is 15.7 Å². The Bertz CT molecular complexity index is 1460. The summed E-state index contributed by atoms with van der Waals surface area (Å²) in [6.45, 7) is 3.21. The van der Waals surface area contributed by atoms with E-state index in [-0.39, 0.29) is 19.0 Å². The lowest BCUT2D eigenvalue weighted by atomic mass is 10.1. The van der Waals surface area contributed by atoms with Gasteiger partial charge in [-0.05, 0) is 30.7 Å². The Balaban J connectivity index is 1.66. The van der Waals surface area contributed by atoms with Crippen LogP contribution < -0.4 is 21.4 Å². The van der Waals surface area contributed by atoms with Crippen LogP contribution >= 0.6 is 0 Å². The second-order valence-corrected chi connectivity index (χ2v) is 8.35. The number of ether oxygens (including phenoxy) is 1. The van der Waals surface area contributed by atoms with E-state index in [0.29, 0.717) is 17.3 Å². The maximum atomic E-state index is 13.3. The molecule has 4 rings (SSSR count).